The molecule has 1 saturated heterocycles. The van der Waals surface area contributed by atoms with E-state index in [0.29, 0.717) is 6.04 Å². The summed E-state index contributed by atoms with van der Waals surface area (Å²) in [5, 5.41) is 3.71. The van der Waals surface area contributed by atoms with Crippen LogP contribution in [0.2, 0.25) is 0 Å². The smallest absolute Gasteiger partial charge is 0.0619 e. The second-order valence-electron chi connectivity index (χ2n) is 5.25. The van der Waals surface area contributed by atoms with E-state index in [0.717, 1.165) is 32.3 Å². The highest BCUT2D eigenvalue weighted by molar-refractivity contribution is 4.75. The highest BCUT2D eigenvalue weighted by Crippen LogP contribution is 2.17. The zero-order valence-corrected chi connectivity index (χ0v) is 10.6. The molecule has 0 spiro atoms. The maximum absolute atomic E-state index is 5.45. The van der Waals surface area contributed by atoms with Gasteiger partial charge >= 0.3 is 0 Å². The van der Waals surface area contributed by atoms with Gasteiger partial charge < -0.3 is 10.1 Å². The van der Waals surface area contributed by atoms with Gasteiger partial charge in [0.15, 0.2) is 0 Å². The molecule has 0 aromatic heterocycles. The second kappa shape index (κ2) is 6.58. The fourth-order valence-electron chi connectivity index (χ4n) is 2.81. The normalized spacial score (nSPS) is 29.4. The van der Waals surface area contributed by atoms with Crippen LogP contribution < -0.4 is 5.32 Å². The molecule has 0 aromatic carbocycles. The average Bonchev–Trinajstić information content (AvgIpc) is 2.33. The quantitative estimate of drug-likeness (QED) is 0.788. The maximum atomic E-state index is 5.45. The van der Waals surface area contributed by atoms with Crippen molar-refractivity contribution in [2.75, 3.05) is 32.8 Å². The van der Waals surface area contributed by atoms with Gasteiger partial charge in [-0.15, -0.1) is 0 Å². The minimum Gasteiger partial charge on any atom is -0.379 e. The number of morpholine rings is 1. The lowest BCUT2D eigenvalue weighted by Crippen LogP contribution is -2.47. The average molecular weight is 226 g/mol. The Balaban J connectivity index is 1.59. The molecule has 1 atom stereocenters. The van der Waals surface area contributed by atoms with E-state index in [-0.39, 0.29) is 0 Å². The summed E-state index contributed by atoms with van der Waals surface area (Å²) in [6.45, 7) is 7.51. The molecule has 1 heterocycles. The second-order valence-corrected chi connectivity index (χ2v) is 5.25. The molecule has 1 unspecified atom stereocenters. The van der Waals surface area contributed by atoms with Crippen LogP contribution in [0.1, 0.15) is 39.0 Å². The van der Waals surface area contributed by atoms with Crippen molar-refractivity contribution < 1.29 is 4.74 Å². The van der Waals surface area contributed by atoms with Crippen LogP contribution in [0, 0.1) is 0 Å². The van der Waals surface area contributed by atoms with E-state index in [9.17, 15) is 0 Å². The van der Waals surface area contributed by atoms with Crippen molar-refractivity contribution in [3.05, 3.63) is 0 Å². The van der Waals surface area contributed by atoms with Crippen molar-refractivity contribution in [3.8, 4) is 0 Å². The summed E-state index contributed by atoms with van der Waals surface area (Å²) >= 11 is 0. The van der Waals surface area contributed by atoms with Crippen LogP contribution in [-0.2, 0) is 4.74 Å². The molecule has 2 rings (SSSR count). The number of nitrogens with one attached hydrogen (secondary N) is 1. The first-order chi connectivity index (χ1) is 7.86. The van der Waals surface area contributed by atoms with E-state index in [1.54, 1.807) is 0 Å². The third kappa shape index (κ3) is 3.72. The Labute approximate surface area is 99.5 Å². The molecule has 2 fully saturated rings. The fourth-order valence-corrected chi connectivity index (χ4v) is 2.81. The largest absolute Gasteiger partial charge is 0.379 e. The first-order valence-electron chi connectivity index (χ1n) is 6.91. The molecule has 1 N–H and O–H groups in total. The molecule has 3 heteroatoms. The van der Waals surface area contributed by atoms with Crippen molar-refractivity contribution in [1.82, 2.24) is 10.2 Å². The van der Waals surface area contributed by atoms with Crippen LogP contribution in [0.3, 0.4) is 0 Å². The Kier molecular flexibility index (Phi) is 5.07. The lowest BCUT2D eigenvalue weighted by atomic mass is 9.95. The molecule has 0 aromatic rings. The minimum absolute atomic E-state index is 0.599. The van der Waals surface area contributed by atoms with Crippen molar-refractivity contribution in [3.63, 3.8) is 0 Å². The van der Waals surface area contributed by atoms with Crippen molar-refractivity contribution in [2.24, 2.45) is 0 Å². The highest BCUT2D eigenvalue weighted by atomic mass is 16.5. The van der Waals surface area contributed by atoms with Crippen molar-refractivity contribution in [2.45, 2.75) is 51.1 Å². The summed E-state index contributed by atoms with van der Waals surface area (Å²) in [4.78, 5) is 2.54. The first kappa shape index (κ1) is 12.3. The van der Waals surface area contributed by atoms with Gasteiger partial charge in [0.25, 0.3) is 0 Å². The monoisotopic (exact) mass is 226 g/mol. The van der Waals surface area contributed by atoms with Gasteiger partial charge in [-0.25, -0.2) is 0 Å². The molecule has 0 bridgehead atoms. The fraction of sp³-hybridized carbons (Fsp3) is 1.00. The van der Waals surface area contributed by atoms with E-state index in [1.807, 2.05) is 0 Å². The van der Waals surface area contributed by atoms with Gasteiger partial charge in [0, 0.05) is 31.7 Å². The van der Waals surface area contributed by atoms with E-state index < -0.39 is 0 Å². The van der Waals surface area contributed by atoms with Crippen LogP contribution in [0.4, 0.5) is 0 Å². The van der Waals surface area contributed by atoms with Crippen molar-refractivity contribution in [1.29, 1.82) is 0 Å². The summed E-state index contributed by atoms with van der Waals surface area (Å²) < 4.78 is 5.45. The molecule has 1 aliphatic carbocycles. The number of ether oxygens (including phenoxy) is 1. The Morgan fingerprint density at radius 1 is 1.25 bits per heavy atom. The first-order valence-corrected chi connectivity index (χ1v) is 6.91. The maximum Gasteiger partial charge on any atom is 0.0619 e. The third-order valence-corrected chi connectivity index (χ3v) is 3.94. The van der Waals surface area contributed by atoms with Gasteiger partial charge in [-0.1, -0.05) is 19.3 Å². The molecule has 94 valence electrons. The Morgan fingerprint density at radius 2 is 2.06 bits per heavy atom. The number of hydrogen-bond donors (Lipinski definition) is 1. The van der Waals surface area contributed by atoms with Crippen LogP contribution in [0.25, 0.3) is 0 Å². The van der Waals surface area contributed by atoms with E-state index in [4.69, 9.17) is 4.74 Å². The number of rotatable bonds is 4. The minimum atomic E-state index is 0.599. The lowest BCUT2D eigenvalue weighted by molar-refractivity contribution is 0.0000496. The van der Waals surface area contributed by atoms with Gasteiger partial charge in [0.05, 0.1) is 13.2 Å². The Morgan fingerprint density at radius 3 is 2.81 bits per heavy atom. The third-order valence-electron chi connectivity index (χ3n) is 3.94. The SMILES string of the molecule is CC1COCCN1CCNC1CCCCC1. The van der Waals surface area contributed by atoms with Crippen LogP contribution in [0.5, 0.6) is 0 Å². The van der Waals surface area contributed by atoms with Crippen LogP contribution in [0.15, 0.2) is 0 Å². The van der Waals surface area contributed by atoms with Gasteiger partial charge in [0.2, 0.25) is 0 Å². The Hall–Kier alpha value is -0.120. The van der Waals surface area contributed by atoms with Gasteiger partial charge in [0.1, 0.15) is 0 Å². The topological polar surface area (TPSA) is 24.5 Å². The number of hydrogen-bond acceptors (Lipinski definition) is 3. The van der Waals surface area contributed by atoms with Gasteiger partial charge in [-0.05, 0) is 19.8 Å². The molecular weight excluding hydrogens is 200 g/mol. The molecule has 16 heavy (non-hydrogen) atoms. The summed E-state index contributed by atoms with van der Waals surface area (Å²) in [5.41, 5.74) is 0. The zero-order chi connectivity index (χ0) is 11.2. The van der Waals surface area contributed by atoms with E-state index in [1.165, 1.54) is 38.6 Å². The summed E-state index contributed by atoms with van der Waals surface area (Å²) in [7, 11) is 0. The molecule has 2 aliphatic rings. The summed E-state index contributed by atoms with van der Waals surface area (Å²) in [6, 6.07) is 1.40. The predicted octanol–water partition coefficient (Wildman–Crippen LogP) is 1.63. The molecule has 1 aliphatic heterocycles. The zero-order valence-electron chi connectivity index (χ0n) is 10.6. The summed E-state index contributed by atoms with van der Waals surface area (Å²) in [5.74, 6) is 0. The number of nitrogens with zero attached hydrogens (tertiary/aromatic N) is 1. The predicted molar refractivity (Wildman–Crippen MR) is 66.7 cm³/mol. The molecule has 3 nitrogen and oxygen atoms in total. The van der Waals surface area contributed by atoms with Gasteiger partial charge in [-0.3, -0.25) is 4.90 Å². The van der Waals surface area contributed by atoms with Crippen LogP contribution >= 0.6 is 0 Å². The van der Waals surface area contributed by atoms with Crippen LogP contribution in [-0.4, -0.2) is 49.8 Å². The molecule has 0 amide bonds. The van der Waals surface area contributed by atoms with E-state index in [2.05, 4.69) is 17.1 Å². The van der Waals surface area contributed by atoms with E-state index >= 15 is 0 Å². The Bertz CT molecular complexity index is 192. The molecular formula is C13H26N2O. The lowest BCUT2D eigenvalue weighted by Gasteiger charge is -2.34. The van der Waals surface area contributed by atoms with Gasteiger partial charge in [-0.2, -0.15) is 0 Å². The van der Waals surface area contributed by atoms with Crippen molar-refractivity contribution >= 4 is 0 Å². The summed E-state index contributed by atoms with van der Waals surface area (Å²) in [6.07, 6.45) is 7.06. The molecule has 1 saturated carbocycles. The highest BCUT2D eigenvalue weighted by Gasteiger charge is 2.18. The molecule has 0 radical (unpaired) electrons. The standard InChI is InChI=1S/C13H26N2O/c1-12-11-16-10-9-15(12)8-7-14-13-5-3-2-4-6-13/h12-14H,2-11H2,1H3.